The lowest BCUT2D eigenvalue weighted by Gasteiger charge is -2.16. The molecule has 1 aliphatic heterocycles. The normalized spacial score (nSPS) is 12.2. The first kappa shape index (κ1) is 25.0. The molecule has 0 unspecified atom stereocenters. The van der Waals surface area contributed by atoms with E-state index in [0.717, 1.165) is 37.1 Å². The molecule has 1 aliphatic rings. The Morgan fingerprint density at radius 2 is 1.86 bits per heavy atom. The van der Waals surface area contributed by atoms with Crippen molar-refractivity contribution in [3.05, 3.63) is 90.7 Å². The molecule has 3 aromatic rings. The highest BCUT2D eigenvalue weighted by Gasteiger charge is 2.18. The fourth-order valence-corrected chi connectivity index (χ4v) is 4.14. The van der Waals surface area contributed by atoms with E-state index in [2.05, 4.69) is 22.5 Å². The van der Waals surface area contributed by atoms with Crippen molar-refractivity contribution in [2.24, 2.45) is 7.05 Å². The lowest BCUT2D eigenvalue weighted by atomic mass is 10.0. The zero-order valence-electron chi connectivity index (χ0n) is 20.0. The van der Waals surface area contributed by atoms with Crippen LogP contribution in [0.3, 0.4) is 0 Å². The number of nitrogens with one attached hydrogen (secondary N) is 2. The summed E-state index contributed by atoms with van der Waals surface area (Å²) in [6, 6.07) is 13.3. The van der Waals surface area contributed by atoms with Crippen LogP contribution in [0.5, 0.6) is 0 Å². The molecule has 0 atom stereocenters. The Balaban J connectivity index is 1.51. The smallest absolute Gasteiger partial charge is 0.326 e. The molecule has 0 saturated heterocycles. The number of rotatable bonds is 5. The van der Waals surface area contributed by atoms with Gasteiger partial charge >= 0.3 is 5.69 Å². The third kappa shape index (κ3) is 5.58. The number of halogens is 1. The van der Waals surface area contributed by atoms with Gasteiger partial charge in [-0.1, -0.05) is 53.3 Å². The number of amides is 2. The minimum atomic E-state index is -0.686. The summed E-state index contributed by atoms with van der Waals surface area (Å²) in [6.07, 6.45) is 1.71. The number of hydrogen-bond donors (Lipinski definition) is 2. The molecule has 0 bridgehead atoms. The van der Waals surface area contributed by atoms with Gasteiger partial charge in [-0.2, -0.15) is 0 Å². The predicted octanol–water partition coefficient (Wildman–Crippen LogP) is 3.02. The van der Waals surface area contributed by atoms with Crippen molar-refractivity contribution < 1.29 is 9.59 Å². The van der Waals surface area contributed by atoms with Crippen molar-refractivity contribution in [2.45, 2.75) is 39.2 Å². The molecule has 2 heterocycles. The average molecular weight is 505 g/mol. The molecule has 1 aromatic heterocycles. The van der Waals surface area contributed by atoms with E-state index in [9.17, 15) is 19.2 Å². The van der Waals surface area contributed by atoms with Crippen LogP contribution in [0.1, 0.15) is 35.1 Å². The molecule has 9 heteroatoms. The largest absolute Gasteiger partial charge is 0.332 e. The monoisotopic (exact) mass is 504 g/mol. The number of benzene rings is 2. The van der Waals surface area contributed by atoms with Crippen LogP contribution in [0, 0.1) is 18.8 Å². The fraction of sp³-hybridized carbons (Fsp3) is 0.259. The maximum Gasteiger partial charge on any atom is 0.332 e. The number of carbonyl (C=O) groups excluding carboxylic acids is 2. The Hall–Kier alpha value is -4.09. The van der Waals surface area contributed by atoms with Crippen LogP contribution in [0.15, 0.2) is 52.1 Å². The predicted molar refractivity (Wildman–Crippen MR) is 139 cm³/mol. The van der Waals surface area contributed by atoms with Crippen molar-refractivity contribution in [1.29, 1.82) is 0 Å². The number of hydrogen-bond acceptors (Lipinski definition) is 4. The molecule has 0 saturated carbocycles. The summed E-state index contributed by atoms with van der Waals surface area (Å²) in [6.45, 7) is 1.91. The third-order valence-electron chi connectivity index (χ3n) is 5.98. The van der Waals surface area contributed by atoms with E-state index in [1.54, 1.807) is 12.1 Å². The summed E-state index contributed by atoms with van der Waals surface area (Å²) in [4.78, 5) is 49.4. The molecule has 0 radical (unpaired) electrons. The molecule has 0 aliphatic carbocycles. The highest BCUT2D eigenvalue weighted by atomic mass is 35.5. The second-order valence-corrected chi connectivity index (χ2v) is 9.01. The van der Waals surface area contributed by atoms with Gasteiger partial charge in [0.2, 0.25) is 11.8 Å². The van der Waals surface area contributed by atoms with Crippen LogP contribution in [-0.2, 0) is 36.0 Å². The zero-order chi connectivity index (χ0) is 25.8. The highest BCUT2D eigenvalue weighted by molar-refractivity contribution is 6.32. The Morgan fingerprint density at radius 1 is 1.11 bits per heavy atom. The minimum Gasteiger partial charge on any atom is -0.326 e. The molecule has 0 spiro atoms. The van der Waals surface area contributed by atoms with Crippen molar-refractivity contribution in [1.82, 2.24) is 9.13 Å². The van der Waals surface area contributed by atoms with Crippen molar-refractivity contribution >= 4 is 34.8 Å². The van der Waals surface area contributed by atoms with Gasteiger partial charge in [-0.3, -0.25) is 23.5 Å². The minimum absolute atomic E-state index is 0.0110. The van der Waals surface area contributed by atoms with Gasteiger partial charge in [-0.15, -0.1) is 0 Å². The lowest BCUT2D eigenvalue weighted by Crippen LogP contribution is -2.40. The number of nitrogens with zero attached hydrogens (tertiary/aromatic N) is 2. The average Bonchev–Trinajstić information content (AvgIpc) is 2.87. The summed E-state index contributed by atoms with van der Waals surface area (Å²) in [5.74, 6) is 5.50. The van der Waals surface area contributed by atoms with E-state index in [0.29, 0.717) is 19.3 Å². The molecule has 8 nitrogen and oxygen atoms in total. The second-order valence-electron chi connectivity index (χ2n) is 8.65. The standard InChI is InChI=1S/C27H25ClN4O4/c1-17-5-7-18(8-6-17)10-13-23(34)30-24-25(28)32(27(36)31(2)26(24)35)15-3-4-19-9-12-21-20(16-19)11-14-22(33)29-21/h5-9,12,16H,10-11,13-15H2,1-2H3,(H,29,33)(H,30,34). The van der Waals surface area contributed by atoms with E-state index in [4.69, 9.17) is 11.6 Å². The molecule has 36 heavy (non-hydrogen) atoms. The number of anilines is 2. The van der Waals surface area contributed by atoms with E-state index >= 15 is 0 Å². The maximum absolute atomic E-state index is 12.7. The van der Waals surface area contributed by atoms with Crippen LogP contribution in [0.4, 0.5) is 11.4 Å². The molecular weight excluding hydrogens is 480 g/mol. The lowest BCUT2D eigenvalue weighted by molar-refractivity contribution is -0.117. The number of fused-ring (bicyclic) bond motifs is 1. The van der Waals surface area contributed by atoms with E-state index < -0.39 is 11.2 Å². The first-order chi connectivity index (χ1) is 17.2. The Kier molecular flexibility index (Phi) is 7.41. The first-order valence-corrected chi connectivity index (χ1v) is 11.9. The third-order valence-corrected chi connectivity index (χ3v) is 6.37. The van der Waals surface area contributed by atoms with E-state index in [1.165, 1.54) is 7.05 Å². The molecule has 2 N–H and O–H groups in total. The van der Waals surface area contributed by atoms with Crippen molar-refractivity contribution in [2.75, 3.05) is 10.6 Å². The summed E-state index contributed by atoms with van der Waals surface area (Å²) in [7, 11) is 1.32. The van der Waals surface area contributed by atoms with Gasteiger partial charge in [-0.05, 0) is 49.1 Å². The molecule has 2 amide bonds. The number of aryl methyl sites for hydroxylation is 3. The SMILES string of the molecule is Cc1ccc(CCC(=O)Nc2c(Cl)n(CC#Cc3ccc4c(c3)CCC(=O)N4)c(=O)n(C)c2=O)cc1. The van der Waals surface area contributed by atoms with Crippen LogP contribution in [-0.4, -0.2) is 20.9 Å². The van der Waals surface area contributed by atoms with Gasteiger partial charge in [0.15, 0.2) is 0 Å². The van der Waals surface area contributed by atoms with Crippen LogP contribution in [0.25, 0.3) is 0 Å². The van der Waals surface area contributed by atoms with Crippen LogP contribution in [0.2, 0.25) is 5.15 Å². The Labute approximate surface area is 212 Å². The van der Waals surface area contributed by atoms with Gasteiger partial charge < -0.3 is 10.6 Å². The molecule has 2 aromatic carbocycles. The zero-order valence-corrected chi connectivity index (χ0v) is 20.7. The highest BCUT2D eigenvalue weighted by Crippen LogP contribution is 2.23. The second kappa shape index (κ2) is 10.7. The number of carbonyl (C=O) groups is 2. The van der Waals surface area contributed by atoms with Crippen LogP contribution >= 0.6 is 11.6 Å². The van der Waals surface area contributed by atoms with E-state index in [-0.39, 0.29) is 35.6 Å². The quantitative estimate of drug-likeness (QED) is 0.412. The van der Waals surface area contributed by atoms with Gasteiger partial charge in [0.05, 0.1) is 6.54 Å². The Bertz CT molecular complexity index is 1520. The van der Waals surface area contributed by atoms with Crippen molar-refractivity contribution in [3.8, 4) is 11.8 Å². The molecule has 0 fully saturated rings. The van der Waals surface area contributed by atoms with Gasteiger partial charge in [0, 0.05) is 31.1 Å². The molecule has 4 rings (SSSR count). The van der Waals surface area contributed by atoms with Gasteiger partial charge in [0.1, 0.15) is 10.8 Å². The van der Waals surface area contributed by atoms with Crippen molar-refractivity contribution in [3.63, 3.8) is 0 Å². The topological polar surface area (TPSA) is 102 Å². The summed E-state index contributed by atoms with van der Waals surface area (Å²) in [5.41, 5.74) is 3.15. The summed E-state index contributed by atoms with van der Waals surface area (Å²) < 4.78 is 2.04. The maximum atomic E-state index is 12.7. The molecular formula is C27H25ClN4O4. The molecule has 184 valence electrons. The van der Waals surface area contributed by atoms with Gasteiger partial charge in [0.25, 0.3) is 5.56 Å². The van der Waals surface area contributed by atoms with E-state index in [1.807, 2.05) is 37.3 Å². The number of aromatic nitrogens is 2. The van der Waals surface area contributed by atoms with Crippen LogP contribution < -0.4 is 21.9 Å². The van der Waals surface area contributed by atoms with Gasteiger partial charge in [-0.25, -0.2) is 4.79 Å². The Morgan fingerprint density at radius 3 is 2.61 bits per heavy atom. The summed E-state index contributed by atoms with van der Waals surface area (Å²) in [5, 5.41) is 5.22. The fourth-order valence-electron chi connectivity index (χ4n) is 3.88. The summed E-state index contributed by atoms with van der Waals surface area (Å²) >= 11 is 6.39. The first-order valence-electron chi connectivity index (χ1n) is 11.5.